The lowest BCUT2D eigenvalue weighted by Gasteiger charge is -2.06. The molecule has 0 radical (unpaired) electrons. The van der Waals surface area contributed by atoms with Gasteiger partial charge in [-0.3, -0.25) is 4.79 Å². The predicted molar refractivity (Wildman–Crippen MR) is 74.6 cm³/mol. The molecular weight excluding hydrogens is 236 g/mol. The van der Waals surface area contributed by atoms with Crippen LogP contribution in [0, 0.1) is 0 Å². The minimum atomic E-state index is 0.782. The molecule has 0 saturated carbocycles. The SMILES string of the molecule is O=Cc1ccc2n1CCc1c([nH]c3ccccc13)C2. The number of fused-ring (bicyclic) bond motifs is 4. The number of nitrogens with zero attached hydrogens (tertiary/aromatic N) is 1. The van der Waals surface area contributed by atoms with Crippen LogP contribution in [0.5, 0.6) is 0 Å². The van der Waals surface area contributed by atoms with Crippen molar-refractivity contribution in [3.05, 3.63) is 59.0 Å². The molecule has 0 spiro atoms. The number of carbonyl (C=O) groups is 1. The van der Waals surface area contributed by atoms with E-state index < -0.39 is 0 Å². The number of benzene rings is 1. The van der Waals surface area contributed by atoms with Crippen molar-refractivity contribution < 1.29 is 4.79 Å². The summed E-state index contributed by atoms with van der Waals surface area (Å²) in [6, 6.07) is 12.4. The Balaban J connectivity index is 1.89. The summed E-state index contributed by atoms with van der Waals surface area (Å²) in [4.78, 5) is 14.6. The fourth-order valence-corrected chi connectivity index (χ4v) is 3.15. The van der Waals surface area contributed by atoms with E-state index in [4.69, 9.17) is 0 Å². The van der Waals surface area contributed by atoms with Crippen LogP contribution in [-0.2, 0) is 19.4 Å². The van der Waals surface area contributed by atoms with Crippen LogP contribution in [0.15, 0.2) is 36.4 Å². The maximum Gasteiger partial charge on any atom is 0.166 e. The number of aromatic nitrogens is 2. The van der Waals surface area contributed by atoms with E-state index in [0.717, 1.165) is 31.4 Å². The molecule has 1 aromatic carbocycles. The normalized spacial score (nSPS) is 13.9. The summed E-state index contributed by atoms with van der Waals surface area (Å²) in [5, 5.41) is 1.32. The van der Waals surface area contributed by atoms with Gasteiger partial charge in [0.25, 0.3) is 0 Å². The monoisotopic (exact) mass is 250 g/mol. The Morgan fingerprint density at radius 2 is 2.05 bits per heavy atom. The molecular formula is C16H14N2O. The summed E-state index contributed by atoms with van der Waals surface area (Å²) in [6.45, 7) is 0.880. The number of aldehydes is 1. The quantitative estimate of drug-likeness (QED) is 0.662. The maximum atomic E-state index is 11.0. The summed E-state index contributed by atoms with van der Waals surface area (Å²) >= 11 is 0. The first-order chi connectivity index (χ1) is 9.36. The van der Waals surface area contributed by atoms with Crippen LogP contribution >= 0.6 is 0 Å². The van der Waals surface area contributed by atoms with Gasteiger partial charge in [-0.25, -0.2) is 0 Å². The molecule has 94 valence electrons. The number of hydrogen-bond donors (Lipinski definition) is 1. The standard InChI is InChI=1S/C16H14N2O/c19-10-12-6-5-11-9-16-14(7-8-18(11)12)13-3-1-2-4-15(13)17-16/h1-6,10,17H,7-9H2. The van der Waals surface area contributed by atoms with E-state index in [-0.39, 0.29) is 0 Å². The summed E-state index contributed by atoms with van der Waals surface area (Å²) in [7, 11) is 0. The Morgan fingerprint density at radius 3 is 2.95 bits per heavy atom. The van der Waals surface area contributed by atoms with Crippen molar-refractivity contribution in [1.29, 1.82) is 0 Å². The molecule has 0 saturated heterocycles. The topological polar surface area (TPSA) is 37.8 Å². The van der Waals surface area contributed by atoms with Crippen LogP contribution in [0.1, 0.15) is 27.4 Å². The molecule has 0 aliphatic carbocycles. The molecule has 0 unspecified atom stereocenters. The molecule has 19 heavy (non-hydrogen) atoms. The fourth-order valence-electron chi connectivity index (χ4n) is 3.15. The Bertz CT molecular complexity index is 779. The van der Waals surface area contributed by atoms with E-state index in [9.17, 15) is 4.79 Å². The van der Waals surface area contributed by atoms with Gasteiger partial charge < -0.3 is 9.55 Å². The minimum absolute atomic E-state index is 0.782. The Labute approximate surface area is 110 Å². The third-order valence-corrected chi connectivity index (χ3v) is 4.07. The molecule has 1 N–H and O–H groups in total. The molecule has 1 aliphatic rings. The van der Waals surface area contributed by atoms with Gasteiger partial charge in [0.2, 0.25) is 0 Å². The number of H-pyrrole nitrogens is 1. The second-order valence-electron chi connectivity index (χ2n) is 5.07. The molecule has 3 nitrogen and oxygen atoms in total. The van der Waals surface area contributed by atoms with E-state index in [1.54, 1.807) is 0 Å². The molecule has 0 atom stereocenters. The Hall–Kier alpha value is -2.29. The number of hydrogen-bond acceptors (Lipinski definition) is 1. The molecule has 3 heteroatoms. The van der Waals surface area contributed by atoms with Crippen molar-refractivity contribution in [2.45, 2.75) is 19.4 Å². The second kappa shape index (κ2) is 3.85. The van der Waals surface area contributed by atoms with Gasteiger partial charge in [0.05, 0.1) is 5.69 Å². The highest BCUT2D eigenvalue weighted by Gasteiger charge is 2.18. The Kier molecular flexibility index (Phi) is 2.15. The van der Waals surface area contributed by atoms with Crippen LogP contribution in [0.2, 0.25) is 0 Å². The van der Waals surface area contributed by atoms with Gasteiger partial charge >= 0.3 is 0 Å². The van der Waals surface area contributed by atoms with Crippen LogP contribution in [0.3, 0.4) is 0 Å². The summed E-state index contributed by atoms with van der Waals surface area (Å²) < 4.78 is 2.13. The molecule has 0 amide bonds. The van der Waals surface area contributed by atoms with Crippen molar-refractivity contribution in [1.82, 2.24) is 9.55 Å². The molecule has 1 aliphatic heterocycles. The predicted octanol–water partition coefficient (Wildman–Crippen LogP) is 2.93. The average Bonchev–Trinajstić information content (AvgIpc) is 2.93. The summed E-state index contributed by atoms with van der Waals surface area (Å²) in [5.74, 6) is 0. The zero-order valence-corrected chi connectivity index (χ0v) is 10.5. The first-order valence-electron chi connectivity index (χ1n) is 6.59. The number of carbonyl (C=O) groups excluding carboxylic acids is 1. The smallest absolute Gasteiger partial charge is 0.166 e. The van der Waals surface area contributed by atoms with Gasteiger partial charge in [-0.2, -0.15) is 0 Å². The van der Waals surface area contributed by atoms with E-state index in [1.807, 2.05) is 6.07 Å². The first-order valence-corrected chi connectivity index (χ1v) is 6.59. The highest BCUT2D eigenvalue weighted by Crippen LogP contribution is 2.28. The Morgan fingerprint density at radius 1 is 1.16 bits per heavy atom. The summed E-state index contributed by atoms with van der Waals surface area (Å²) in [5.41, 5.74) is 5.90. The third kappa shape index (κ3) is 1.48. The zero-order chi connectivity index (χ0) is 12.8. The van der Waals surface area contributed by atoms with Gasteiger partial charge in [-0.15, -0.1) is 0 Å². The molecule has 3 heterocycles. The van der Waals surface area contributed by atoms with Crippen molar-refractivity contribution >= 4 is 17.2 Å². The van der Waals surface area contributed by atoms with E-state index in [1.165, 1.54) is 27.9 Å². The summed E-state index contributed by atoms with van der Waals surface area (Å²) in [6.07, 6.45) is 2.79. The zero-order valence-electron chi connectivity index (χ0n) is 10.5. The van der Waals surface area contributed by atoms with Crippen molar-refractivity contribution in [3.8, 4) is 0 Å². The van der Waals surface area contributed by atoms with Gasteiger partial charge in [0.15, 0.2) is 6.29 Å². The largest absolute Gasteiger partial charge is 0.358 e. The highest BCUT2D eigenvalue weighted by molar-refractivity contribution is 5.85. The van der Waals surface area contributed by atoms with Gasteiger partial charge in [-0.05, 0) is 30.2 Å². The van der Waals surface area contributed by atoms with E-state index in [0.29, 0.717) is 0 Å². The van der Waals surface area contributed by atoms with Crippen molar-refractivity contribution in [2.75, 3.05) is 0 Å². The molecule has 3 aromatic rings. The van der Waals surface area contributed by atoms with Gasteiger partial charge in [0.1, 0.15) is 0 Å². The fraction of sp³-hybridized carbons (Fsp3) is 0.188. The van der Waals surface area contributed by atoms with E-state index >= 15 is 0 Å². The van der Waals surface area contributed by atoms with Crippen LogP contribution in [0.4, 0.5) is 0 Å². The average molecular weight is 250 g/mol. The van der Waals surface area contributed by atoms with Crippen LogP contribution < -0.4 is 0 Å². The lowest BCUT2D eigenvalue weighted by molar-refractivity contribution is 0.111. The third-order valence-electron chi connectivity index (χ3n) is 4.07. The van der Waals surface area contributed by atoms with E-state index in [2.05, 4.69) is 39.9 Å². The number of aromatic amines is 1. The number of aryl methyl sites for hydroxylation is 1. The lowest BCUT2D eigenvalue weighted by atomic mass is 10.1. The second-order valence-corrected chi connectivity index (χ2v) is 5.07. The van der Waals surface area contributed by atoms with Crippen molar-refractivity contribution in [2.24, 2.45) is 0 Å². The number of rotatable bonds is 1. The minimum Gasteiger partial charge on any atom is -0.358 e. The molecule has 4 rings (SSSR count). The molecule has 0 fully saturated rings. The first kappa shape index (κ1) is 10.6. The number of nitrogens with one attached hydrogen (secondary N) is 1. The highest BCUT2D eigenvalue weighted by atomic mass is 16.1. The lowest BCUT2D eigenvalue weighted by Crippen LogP contribution is -2.05. The molecule has 2 aromatic heterocycles. The van der Waals surface area contributed by atoms with Crippen LogP contribution in [-0.4, -0.2) is 15.8 Å². The van der Waals surface area contributed by atoms with Gasteiger partial charge in [-0.1, -0.05) is 18.2 Å². The molecule has 0 bridgehead atoms. The maximum absolute atomic E-state index is 11.0. The van der Waals surface area contributed by atoms with Gasteiger partial charge in [0, 0.05) is 35.3 Å². The number of para-hydroxylation sites is 1. The van der Waals surface area contributed by atoms with Crippen LogP contribution in [0.25, 0.3) is 10.9 Å². The van der Waals surface area contributed by atoms with Crippen molar-refractivity contribution in [3.63, 3.8) is 0 Å².